The van der Waals surface area contributed by atoms with Crippen LogP contribution in [0.2, 0.25) is 0 Å². The minimum absolute atomic E-state index is 0.212. The smallest absolute Gasteiger partial charge is 0.220 e. The predicted molar refractivity (Wildman–Crippen MR) is 55.9 cm³/mol. The summed E-state index contributed by atoms with van der Waals surface area (Å²) in [6.45, 7) is 6.69. The van der Waals surface area contributed by atoms with Gasteiger partial charge >= 0.3 is 0 Å². The van der Waals surface area contributed by atoms with Crippen LogP contribution in [-0.2, 0) is 4.79 Å². The topological polar surface area (TPSA) is 41.1 Å². The first kappa shape index (κ1) is 9.97. The van der Waals surface area contributed by atoms with Crippen LogP contribution in [0.1, 0.15) is 33.1 Å². The van der Waals surface area contributed by atoms with Crippen LogP contribution >= 0.6 is 0 Å². The Bertz CT molecular complexity index is 237. The van der Waals surface area contributed by atoms with Gasteiger partial charge in [-0.05, 0) is 30.7 Å². The van der Waals surface area contributed by atoms with Crippen LogP contribution in [-0.4, -0.2) is 25.0 Å². The zero-order valence-corrected chi connectivity index (χ0v) is 9.10. The SMILES string of the molecule is CC1(C)CC1CNCC1CCC(=O)N1. The van der Waals surface area contributed by atoms with Crippen molar-refractivity contribution in [3.05, 3.63) is 0 Å². The molecule has 0 aromatic carbocycles. The summed E-state index contributed by atoms with van der Waals surface area (Å²) in [4.78, 5) is 10.9. The quantitative estimate of drug-likeness (QED) is 0.701. The van der Waals surface area contributed by atoms with Gasteiger partial charge in [-0.15, -0.1) is 0 Å². The minimum Gasteiger partial charge on any atom is -0.352 e. The van der Waals surface area contributed by atoms with E-state index in [9.17, 15) is 4.79 Å². The lowest BCUT2D eigenvalue weighted by molar-refractivity contribution is -0.119. The summed E-state index contributed by atoms with van der Waals surface area (Å²) in [7, 11) is 0. The third-order valence-electron chi connectivity index (χ3n) is 3.58. The number of carbonyl (C=O) groups is 1. The van der Waals surface area contributed by atoms with Gasteiger partial charge in [-0.25, -0.2) is 0 Å². The molecular weight excluding hydrogens is 176 g/mol. The molecule has 2 aliphatic rings. The number of amides is 1. The maximum absolute atomic E-state index is 10.9. The van der Waals surface area contributed by atoms with Gasteiger partial charge in [-0.3, -0.25) is 4.79 Å². The molecule has 1 saturated carbocycles. The molecule has 2 N–H and O–H groups in total. The van der Waals surface area contributed by atoms with E-state index < -0.39 is 0 Å². The van der Waals surface area contributed by atoms with Gasteiger partial charge in [0.15, 0.2) is 0 Å². The third-order valence-corrected chi connectivity index (χ3v) is 3.58. The van der Waals surface area contributed by atoms with Crippen molar-refractivity contribution in [1.29, 1.82) is 0 Å². The highest BCUT2D eigenvalue weighted by Gasteiger charge is 2.44. The van der Waals surface area contributed by atoms with E-state index in [1.165, 1.54) is 6.42 Å². The molecule has 14 heavy (non-hydrogen) atoms. The van der Waals surface area contributed by atoms with E-state index >= 15 is 0 Å². The van der Waals surface area contributed by atoms with Gasteiger partial charge in [0.1, 0.15) is 0 Å². The van der Waals surface area contributed by atoms with Crippen LogP contribution in [0.15, 0.2) is 0 Å². The van der Waals surface area contributed by atoms with Crippen molar-refractivity contribution in [3.8, 4) is 0 Å². The van der Waals surface area contributed by atoms with E-state index in [-0.39, 0.29) is 5.91 Å². The Labute approximate surface area is 85.6 Å². The Morgan fingerprint density at radius 2 is 2.21 bits per heavy atom. The fraction of sp³-hybridized carbons (Fsp3) is 0.909. The zero-order chi connectivity index (χ0) is 10.2. The maximum atomic E-state index is 10.9. The van der Waals surface area contributed by atoms with Crippen molar-refractivity contribution < 1.29 is 4.79 Å². The second kappa shape index (κ2) is 3.54. The summed E-state index contributed by atoms with van der Waals surface area (Å²) >= 11 is 0. The third kappa shape index (κ3) is 2.27. The first-order valence-electron chi connectivity index (χ1n) is 5.58. The molecule has 0 spiro atoms. The Morgan fingerprint density at radius 3 is 2.71 bits per heavy atom. The fourth-order valence-corrected chi connectivity index (χ4v) is 2.19. The van der Waals surface area contributed by atoms with E-state index in [1.807, 2.05) is 0 Å². The molecule has 2 rings (SSSR count). The van der Waals surface area contributed by atoms with Crippen LogP contribution in [0.5, 0.6) is 0 Å². The van der Waals surface area contributed by atoms with Crippen LogP contribution in [0, 0.1) is 11.3 Å². The van der Waals surface area contributed by atoms with E-state index in [1.54, 1.807) is 0 Å². The Hall–Kier alpha value is -0.570. The highest BCUT2D eigenvalue weighted by Crippen LogP contribution is 2.50. The van der Waals surface area contributed by atoms with Crippen molar-refractivity contribution in [3.63, 3.8) is 0 Å². The van der Waals surface area contributed by atoms with Gasteiger partial charge in [-0.1, -0.05) is 13.8 Å². The molecule has 0 bridgehead atoms. The normalized spacial score (nSPS) is 34.3. The molecule has 1 amide bonds. The number of carbonyl (C=O) groups excluding carboxylic acids is 1. The molecule has 0 aromatic heterocycles. The molecule has 2 fully saturated rings. The largest absolute Gasteiger partial charge is 0.352 e. The fourth-order valence-electron chi connectivity index (χ4n) is 2.19. The second-order valence-corrected chi connectivity index (χ2v) is 5.35. The van der Waals surface area contributed by atoms with Gasteiger partial charge in [0.05, 0.1) is 0 Å². The number of hydrogen-bond acceptors (Lipinski definition) is 2. The molecule has 1 saturated heterocycles. The molecule has 0 aromatic rings. The summed E-state index contributed by atoms with van der Waals surface area (Å²) in [5.41, 5.74) is 0.561. The average Bonchev–Trinajstić information content (AvgIpc) is 2.53. The van der Waals surface area contributed by atoms with Gasteiger partial charge < -0.3 is 10.6 Å². The zero-order valence-electron chi connectivity index (χ0n) is 9.10. The summed E-state index contributed by atoms with van der Waals surface area (Å²) in [5.74, 6) is 1.06. The van der Waals surface area contributed by atoms with Gasteiger partial charge in [0.2, 0.25) is 5.91 Å². The molecule has 1 heterocycles. The van der Waals surface area contributed by atoms with Crippen molar-refractivity contribution in [1.82, 2.24) is 10.6 Å². The molecule has 3 nitrogen and oxygen atoms in total. The van der Waals surface area contributed by atoms with E-state index in [0.29, 0.717) is 17.9 Å². The number of hydrogen-bond donors (Lipinski definition) is 2. The van der Waals surface area contributed by atoms with E-state index in [4.69, 9.17) is 0 Å². The molecule has 1 aliphatic heterocycles. The predicted octanol–water partition coefficient (Wildman–Crippen LogP) is 0.901. The van der Waals surface area contributed by atoms with Crippen LogP contribution in [0.25, 0.3) is 0 Å². The summed E-state index contributed by atoms with van der Waals surface area (Å²) in [6.07, 6.45) is 3.05. The minimum atomic E-state index is 0.212. The molecule has 3 heteroatoms. The first-order chi connectivity index (χ1) is 6.58. The Balaban J connectivity index is 1.58. The molecule has 1 aliphatic carbocycles. The van der Waals surface area contributed by atoms with Crippen LogP contribution in [0.3, 0.4) is 0 Å². The average molecular weight is 196 g/mol. The Morgan fingerprint density at radius 1 is 1.50 bits per heavy atom. The second-order valence-electron chi connectivity index (χ2n) is 5.35. The monoisotopic (exact) mass is 196 g/mol. The van der Waals surface area contributed by atoms with Gasteiger partial charge in [0, 0.05) is 19.0 Å². The highest BCUT2D eigenvalue weighted by molar-refractivity contribution is 5.78. The standard InChI is InChI=1S/C11H20N2O/c1-11(2)5-8(11)6-12-7-9-3-4-10(14)13-9/h8-9,12H,3-7H2,1-2H3,(H,13,14). The lowest BCUT2D eigenvalue weighted by Crippen LogP contribution is -2.36. The highest BCUT2D eigenvalue weighted by atomic mass is 16.1. The number of nitrogens with one attached hydrogen (secondary N) is 2. The molecule has 0 radical (unpaired) electrons. The van der Waals surface area contributed by atoms with Crippen LogP contribution in [0.4, 0.5) is 0 Å². The molecule has 80 valence electrons. The number of rotatable bonds is 4. The van der Waals surface area contributed by atoms with Crippen molar-refractivity contribution in [2.45, 2.75) is 39.2 Å². The maximum Gasteiger partial charge on any atom is 0.220 e. The first-order valence-corrected chi connectivity index (χ1v) is 5.58. The summed E-state index contributed by atoms with van der Waals surface area (Å²) in [5, 5.41) is 6.42. The summed E-state index contributed by atoms with van der Waals surface area (Å²) < 4.78 is 0. The van der Waals surface area contributed by atoms with Gasteiger partial charge in [-0.2, -0.15) is 0 Å². The van der Waals surface area contributed by atoms with Crippen LogP contribution < -0.4 is 10.6 Å². The lowest BCUT2D eigenvalue weighted by atomic mass is 10.1. The molecule has 2 unspecified atom stereocenters. The van der Waals surface area contributed by atoms with Crippen molar-refractivity contribution >= 4 is 5.91 Å². The Kier molecular flexibility index (Phi) is 2.52. The van der Waals surface area contributed by atoms with E-state index in [0.717, 1.165) is 25.4 Å². The van der Waals surface area contributed by atoms with Gasteiger partial charge in [0.25, 0.3) is 0 Å². The van der Waals surface area contributed by atoms with Crippen molar-refractivity contribution in [2.75, 3.05) is 13.1 Å². The molecular formula is C11H20N2O. The van der Waals surface area contributed by atoms with Crippen molar-refractivity contribution in [2.24, 2.45) is 11.3 Å². The lowest BCUT2D eigenvalue weighted by Gasteiger charge is -2.11. The summed E-state index contributed by atoms with van der Waals surface area (Å²) in [6, 6.07) is 0.379. The molecule has 2 atom stereocenters. The van der Waals surface area contributed by atoms with E-state index in [2.05, 4.69) is 24.5 Å².